The van der Waals surface area contributed by atoms with Gasteiger partial charge in [-0.15, -0.1) is 0 Å². The van der Waals surface area contributed by atoms with Crippen LogP contribution in [0.2, 0.25) is 0 Å². The fraction of sp³-hybridized carbons (Fsp3) is 0.750. The Morgan fingerprint density at radius 3 is 2.53 bits per heavy atom. The summed E-state index contributed by atoms with van der Waals surface area (Å²) in [5.41, 5.74) is 3.11. The molecule has 0 bridgehead atoms. The van der Waals surface area contributed by atoms with Crippen molar-refractivity contribution in [1.82, 2.24) is 0 Å². The van der Waals surface area contributed by atoms with Crippen LogP contribution in [0.15, 0.2) is 23.3 Å². The van der Waals surface area contributed by atoms with E-state index in [9.17, 15) is 0 Å². The van der Waals surface area contributed by atoms with E-state index in [0.29, 0.717) is 5.41 Å². The van der Waals surface area contributed by atoms with E-state index in [4.69, 9.17) is 5.11 Å². The predicted molar refractivity (Wildman–Crippen MR) is 74.9 cm³/mol. The number of hydrogen-bond donors (Lipinski definition) is 1. The largest absolute Gasteiger partial charge is 0.392 e. The van der Waals surface area contributed by atoms with E-state index in [1.807, 2.05) is 6.92 Å². The summed E-state index contributed by atoms with van der Waals surface area (Å²) in [5, 5.41) is 8.99. The molecule has 3 unspecified atom stereocenters. The first-order valence-corrected chi connectivity index (χ1v) is 6.85. The van der Waals surface area contributed by atoms with Crippen molar-refractivity contribution < 1.29 is 5.11 Å². The van der Waals surface area contributed by atoms with Crippen LogP contribution in [-0.4, -0.2) is 11.7 Å². The Morgan fingerprint density at radius 2 is 2.06 bits per heavy atom. The molecule has 17 heavy (non-hydrogen) atoms. The molecule has 3 atom stereocenters. The van der Waals surface area contributed by atoms with Crippen molar-refractivity contribution in [3.05, 3.63) is 23.3 Å². The SMILES string of the molecule is C/C=C(/C)C1CC(C)C1(C)CC/C=C(\C)CO. The van der Waals surface area contributed by atoms with Crippen molar-refractivity contribution in [2.45, 2.75) is 53.9 Å². The van der Waals surface area contributed by atoms with Gasteiger partial charge in [0.25, 0.3) is 0 Å². The quantitative estimate of drug-likeness (QED) is 0.704. The standard InChI is InChI=1S/C16H28O/c1-6-13(3)15-10-14(4)16(15,5)9-7-8-12(2)11-17/h6,8,14-15,17H,7,9-11H2,1-5H3/b12-8+,13-6-. The Morgan fingerprint density at radius 1 is 1.41 bits per heavy atom. The lowest BCUT2D eigenvalue weighted by molar-refractivity contribution is -0.00965. The van der Waals surface area contributed by atoms with Crippen molar-refractivity contribution in [2.75, 3.05) is 6.61 Å². The van der Waals surface area contributed by atoms with Crippen LogP contribution in [0.3, 0.4) is 0 Å². The van der Waals surface area contributed by atoms with E-state index in [0.717, 1.165) is 23.8 Å². The third-order valence-corrected chi connectivity index (χ3v) is 4.94. The van der Waals surface area contributed by atoms with Crippen molar-refractivity contribution >= 4 is 0 Å². The minimum Gasteiger partial charge on any atom is -0.392 e. The highest BCUT2D eigenvalue weighted by molar-refractivity contribution is 5.15. The molecule has 0 aliphatic heterocycles. The van der Waals surface area contributed by atoms with Gasteiger partial charge in [-0.25, -0.2) is 0 Å². The minimum absolute atomic E-state index is 0.198. The van der Waals surface area contributed by atoms with Crippen molar-refractivity contribution in [2.24, 2.45) is 17.3 Å². The molecule has 98 valence electrons. The van der Waals surface area contributed by atoms with Crippen LogP contribution in [0.25, 0.3) is 0 Å². The van der Waals surface area contributed by atoms with Crippen LogP contribution in [0.4, 0.5) is 0 Å². The van der Waals surface area contributed by atoms with Gasteiger partial charge in [0.2, 0.25) is 0 Å². The summed E-state index contributed by atoms with van der Waals surface area (Å²) in [5.74, 6) is 1.59. The summed E-state index contributed by atoms with van der Waals surface area (Å²) in [4.78, 5) is 0. The zero-order chi connectivity index (χ0) is 13.1. The zero-order valence-electron chi connectivity index (χ0n) is 12.1. The van der Waals surface area contributed by atoms with Crippen LogP contribution >= 0.6 is 0 Å². The molecule has 0 saturated heterocycles. The van der Waals surface area contributed by atoms with Gasteiger partial charge >= 0.3 is 0 Å². The average Bonchev–Trinajstić information content (AvgIpc) is 2.34. The fourth-order valence-corrected chi connectivity index (χ4v) is 3.10. The molecule has 1 nitrogen and oxygen atoms in total. The molecule has 1 fully saturated rings. The number of rotatable bonds is 5. The first-order chi connectivity index (χ1) is 7.95. The summed E-state index contributed by atoms with van der Waals surface area (Å²) >= 11 is 0. The van der Waals surface area contributed by atoms with Gasteiger partial charge < -0.3 is 5.11 Å². The second-order valence-corrected chi connectivity index (χ2v) is 5.98. The first kappa shape index (κ1) is 14.5. The number of aliphatic hydroxyl groups excluding tert-OH is 1. The summed E-state index contributed by atoms with van der Waals surface area (Å²) in [7, 11) is 0. The molecule has 1 rings (SSSR count). The summed E-state index contributed by atoms with van der Waals surface area (Å²) < 4.78 is 0. The lowest BCUT2D eigenvalue weighted by Gasteiger charge is -2.54. The minimum atomic E-state index is 0.198. The molecule has 0 amide bonds. The molecule has 0 radical (unpaired) electrons. The number of aliphatic hydroxyl groups is 1. The van der Waals surface area contributed by atoms with Crippen LogP contribution < -0.4 is 0 Å². The maximum absolute atomic E-state index is 8.99. The molecule has 1 aliphatic carbocycles. The number of allylic oxidation sites excluding steroid dienone is 3. The average molecular weight is 236 g/mol. The van der Waals surface area contributed by atoms with Gasteiger partial charge in [-0.1, -0.05) is 37.1 Å². The van der Waals surface area contributed by atoms with Gasteiger partial charge in [0.05, 0.1) is 6.61 Å². The third-order valence-electron chi connectivity index (χ3n) is 4.94. The van der Waals surface area contributed by atoms with Crippen LogP contribution in [0, 0.1) is 17.3 Å². The molecule has 0 heterocycles. The van der Waals surface area contributed by atoms with E-state index < -0.39 is 0 Å². The third kappa shape index (κ3) is 3.01. The van der Waals surface area contributed by atoms with Crippen LogP contribution in [0.1, 0.15) is 53.9 Å². The molecule has 0 aromatic carbocycles. The Hall–Kier alpha value is -0.560. The Balaban J connectivity index is 2.60. The predicted octanol–water partition coefficient (Wildman–Crippen LogP) is 4.33. The highest BCUT2D eigenvalue weighted by Gasteiger charge is 2.48. The van der Waals surface area contributed by atoms with Gasteiger partial charge in [0, 0.05) is 0 Å². The highest BCUT2D eigenvalue weighted by Crippen LogP contribution is 2.57. The molecule has 1 saturated carbocycles. The van der Waals surface area contributed by atoms with E-state index in [2.05, 4.69) is 39.8 Å². The van der Waals surface area contributed by atoms with Gasteiger partial charge in [-0.2, -0.15) is 0 Å². The van der Waals surface area contributed by atoms with Gasteiger partial charge in [-0.05, 0) is 57.3 Å². The summed E-state index contributed by atoms with van der Waals surface area (Å²) in [6.07, 6.45) is 8.14. The second-order valence-electron chi connectivity index (χ2n) is 5.98. The van der Waals surface area contributed by atoms with Gasteiger partial charge in [0.15, 0.2) is 0 Å². The lowest BCUT2D eigenvalue weighted by atomic mass is 9.51. The lowest BCUT2D eigenvalue weighted by Crippen LogP contribution is -2.46. The normalized spacial score (nSPS) is 34.7. The zero-order valence-corrected chi connectivity index (χ0v) is 12.1. The molecule has 0 spiro atoms. The van der Waals surface area contributed by atoms with E-state index in [1.54, 1.807) is 5.57 Å². The second kappa shape index (κ2) is 5.86. The van der Waals surface area contributed by atoms with E-state index >= 15 is 0 Å². The van der Waals surface area contributed by atoms with E-state index in [-0.39, 0.29) is 6.61 Å². The fourth-order valence-electron chi connectivity index (χ4n) is 3.10. The summed E-state index contributed by atoms with van der Waals surface area (Å²) in [6.45, 7) is 11.4. The monoisotopic (exact) mass is 236 g/mol. The van der Waals surface area contributed by atoms with E-state index in [1.165, 1.54) is 12.8 Å². The Bertz CT molecular complexity index is 313. The van der Waals surface area contributed by atoms with Crippen LogP contribution in [-0.2, 0) is 0 Å². The van der Waals surface area contributed by atoms with Crippen molar-refractivity contribution in [1.29, 1.82) is 0 Å². The highest BCUT2D eigenvalue weighted by atomic mass is 16.3. The molecule has 1 N–H and O–H groups in total. The maximum Gasteiger partial charge on any atom is 0.0639 e. The van der Waals surface area contributed by atoms with Crippen molar-refractivity contribution in [3.63, 3.8) is 0 Å². The molecule has 1 aliphatic rings. The first-order valence-electron chi connectivity index (χ1n) is 6.85. The Labute approximate surface area is 107 Å². The van der Waals surface area contributed by atoms with Crippen molar-refractivity contribution in [3.8, 4) is 0 Å². The number of hydrogen-bond acceptors (Lipinski definition) is 1. The molecular weight excluding hydrogens is 208 g/mol. The van der Waals surface area contributed by atoms with Gasteiger partial charge in [0.1, 0.15) is 0 Å². The Kier molecular flexibility index (Phi) is 5.00. The molecular formula is C16H28O. The maximum atomic E-state index is 8.99. The smallest absolute Gasteiger partial charge is 0.0639 e. The molecule has 1 heteroatoms. The van der Waals surface area contributed by atoms with Crippen LogP contribution in [0.5, 0.6) is 0 Å². The topological polar surface area (TPSA) is 20.2 Å². The molecule has 0 aromatic rings. The summed E-state index contributed by atoms with van der Waals surface area (Å²) in [6, 6.07) is 0. The molecule has 0 aromatic heterocycles. The van der Waals surface area contributed by atoms with Gasteiger partial charge in [-0.3, -0.25) is 0 Å².